The second-order valence-electron chi connectivity index (χ2n) is 6.15. The van der Waals surface area contributed by atoms with Crippen molar-refractivity contribution in [3.05, 3.63) is 58.9 Å². The zero-order valence-electron chi connectivity index (χ0n) is 14.3. The fourth-order valence-corrected chi connectivity index (χ4v) is 4.73. The van der Waals surface area contributed by atoms with Gasteiger partial charge in [0, 0.05) is 17.1 Å². The molecule has 0 spiro atoms. The lowest BCUT2D eigenvalue weighted by atomic mass is 10.1. The SMILES string of the molecule is Cc1cc(Cl)ccc1NC(=O)C1CCC(=O)N1S(=O)(=O)c1ccc(F)cc1. The zero-order valence-corrected chi connectivity index (χ0v) is 15.8. The fraction of sp³-hybridized carbons (Fsp3) is 0.222. The Kier molecular flexibility index (Phi) is 5.21. The summed E-state index contributed by atoms with van der Waals surface area (Å²) in [6, 6.07) is 7.77. The molecule has 1 atom stereocenters. The summed E-state index contributed by atoms with van der Waals surface area (Å²) in [6.07, 6.45) is -0.00413. The molecule has 142 valence electrons. The minimum absolute atomic E-state index is 0.0672. The molecule has 1 heterocycles. The third-order valence-corrected chi connectivity index (χ3v) is 6.36. The largest absolute Gasteiger partial charge is 0.324 e. The van der Waals surface area contributed by atoms with Crippen LogP contribution >= 0.6 is 11.6 Å². The number of hydrogen-bond acceptors (Lipinski definition) is 4. The summed E-state index contributed by atoms with van der Waals surface area (Å²) in [5.41, 5.74) is 1.18. The summed E-state index contributed by atoms with van der Waals surface area (Å²) in [5, 5.41) is 3.15. The molecule has 0 aliphatic carbocycles. The van der Waals surface area contributed by atoms with E-state index in [1.165, 1.54) is 0 Å². The van der Waals surface area contributed by atoms with Crippen LogP contribution in [-0.4, -0.2) is 30.6 Å². The van der Waals surface area contributed by atoms with Crippen molar-refractivity contribution < 1.29 is 22.4 Å². The van der Waals surface area contributed by atoms with E-state index < -0.39 is 33.7 Å². The van der Waals surface area contributed by atoms with Crippen molar-refractivity contribution in [3.63, 3.8) is 0 Å². The molecular weight excluding hydrogens is 395 g/mol. The van der Waals surface area contributed by atoms with Crippen LogP contribution in [0.2, 0.25) is 5.02 Å². The van der Waals surface area contributed by atoms with Crippen LogP contribution in [0.1, 0.15) is 18.4 Å². The Balaban J connectivity index is 1.89. The van der Waals surface area contributed by atoms with Gasteiger partial charge in [0.15, 0.2) is 0 Å². The van der Waals surface area contributed by atoms with Crippen LogP contribution in [0.3, 0.4) is 0 Å². The smallest absolute Gasteiger partial charge is 0.267 e. The molecule has 1 aliphatic heterocycles. The van der Waals surface area contributed by atoms with Gasteiger partial charge in [-0.25, -0.2) is 17.1 Å². The Hall–Kier alpha value is -2.45. The molecule has 0 radical (unpaired) electrons. The summed E-state index contributed by atoms with van der Waals surface area (Å²) >= 11 is 5.89. The number of hydrogen-bond donors (Lipinski definition) is 1. The van der Waals surface area contributed by atoms with Crippen molar-refractivity contribution in [3.8, 4) is 0 Å². The van der Waals surface area contributed by atoms with Crippen molar-refractivity contribution in [2.75, 3.05) is 5.32 Å². The lowest BCUT2D eigenvalue weighted by Crippen LogP contribution is -2.45. The first-order valence-electron chi connectivity index (χ1n) is 8.10. The summed E-state index contributed by atoms with van der Waals surface area (Å²) in [5.74, 6) is -1.89. The van der Waals surface area contributed by atoms with Gasteiger partial charge in [-0.05, 0) is 61.4 Å². The molecule has 2 aromatic rings. The van der Waals surface area contributed by atoms with Crippen molar-refractivity contribution in [2.24, 2.45) is 0 Å². The predicted molar refractivity (Wildman–Crippen MR) is 98.3 cm³/mol. The number of rotatable bonds is 4. The number of halogens is 2. The van der Waals surface area contributed by atoms with Crippen LogP contribution in [0, 0.1) is 12.7 Å². The first kappa shape index (κ1) is 19.3. The first-order chi connectivity index (χ1) is 12.7. The van der Waals surface area contributed by atoms with Gasteiger partial charge in [-0.3, -0.25) is 9.59 Å². The molecule has 1 fully saturated rings. The first-order valence-corrected chi connectivity index (χ1v) is 9.92. The molecule has 9 heteroatoms. The van der Waals surface area contributed by atoms with Crippen LogP contribution in [0.15, 0.2) is 47.4 Å². The number of aryl methyl sites for hydroxylation is 1. The van der Waals surface area contributed by atoms with Gasteiger partial charge < -0.3 is 5.32 Å². The molecule has 2 amide bonds. The quantitative estimate of drug-likeness (QED) is 0.839. The molecule has 27 heavy (non-hydrogen) atoms. The summed E-state index contributed by atoms with van der Waals surface area (Å²) in [7, 11) is -4.27. The lowest BCUT2D eigenvalue weighted by molar-refractivity contribution is -0.128. The van der Waals surface area contributed by atoms with E-state index in [1.807, 2.05) is 0 Å². The standard InChI is InChI=1S/C18H16ClFN2O4S/c1-11-10-12(19)2-7-15(11)21-18(24)16-8-9-17(23)22(16)27(25,26)14-5-3-13(20)4-6-14/h2-7,10,16H,8-9H2,1H3,(H,21,24). The Labute approximate surface area is 161 Å². The van der Waals surface area contributed by atoms with Crippen molar-refractivity contribution in [1.82, 2.24) is 4.31 Å². The molecule has 1 N–H and O–H groups in total. The van der Waals surface area contributed by atoms with E-state index in [2.05, 4.69) is 5.32 Å². The van der Waals surface area contributed by atoms with E-state index in [9.17, 15) is 22.4 Å². The number of anilines is 1. The Morgan fingerprint density at radius 1 is 1.22 bits per heavy atom. The molecular formula is C18H16ClFN2O4S. The van der Waals surface area contributed by atoms with E-state index in [-0.39, 0.29) is 17.7 Å². The number of sulfonamides is 1. The fourth-order valence-electron chi connectivity index (χ4n) is 2.90. The number of carbonyl (C=O) groups is 2. The van der Waals surface area contributed by atoms with Crippen molar-refractivity contribution >= 4 is 39.1 Å². The molecule has 3 rings (SSSR count). The number of amides is 2. The van der Waals surface area contributed by atoms with Gasteiger partial charge in [-0.2, -0.15) is 0 Å². The third-order valence-electron chi connectivity index (χ3n) is 4.28. The lowest BCUT2D eigenvalue weighted by Gasteiger charge is -2.24. The van der Waals surface area contributed by atoms with Crippen molar-refractivity contribution in [1.29, 1.82) is 0 Å². The van der Waals surface area contributed by atoms with Gasteiger partial charge in [0.25, 0.3) is 10.0 Å². The third kappa shape index (κ3) is 3.81. The predicted octanol–water partition coefficient (Wildman–Crippen LogP) is 3.11. The van der Waals surface area contributed by atoms with E-state index in [1.54, 1.807) is 25.1 Å². The van der Waals surface area contributed by atoms with Crippen molar-refractivity contribution in [2.45, 2.75) is 30.7 Å². The van der Waals surface area contributed by atoms with Crippen LogP contribution < -0.4 is 5.32 Å². The van der Waals surface area contributed by atoms with E-state index in [4.69, 9.17) is 11.6 Å². The molecule has 1 saturated heterocycles. The number of nitrogens with zero attached hydrogens (tertiary/aromatic N) is 1. The van der Waals surface area contributed by atoms with Crippen LogP contribution in [0.25, 0.3) is 0 Å². The average Bonchev–Trinajstić information content (AvgIpc) is 3.00. The molecule has 1 unspecified atom stereocenters. The Bertz CT molecular complexity index is 1010. The Morgan fingerprint density at radius 3 is 2.52 bits per heavy atom. The highest BCUT2D eigenvalue weighted by molar-refractivity contribution is 7.89. The topological polar surface area (TPSA) is 83.6 Å². The normalized spacial score (nSPS) is 17.2. The summed E-state index contributed by atoms with van der Waals surface area (Å²) < 4.78 is 39.3. The molecule has 0 saturated carbocycles. The van der Waals surface area contributed by atoms with Gasteiger partial charge in [-0.1, -0.05) is 11.6 Å². The minimum atomic E-state index is -4.27. The highest BCUT2D eigenvalue weighted by Crippen LogP contribution is 2.29. The van der Waals surface area contributed by atoms with Crippen LogP contribution in [0.4, 0.5) is 10.1 Å². The van der Waals surface area contributed by atoms with Crippen LogP contribution in [0.5, 0.6) is 0 Å². The molecule has 0 aromatic heterocycles. The van der Waals surface area contributed by atoms with Gasteiger partial charge in [0.1, 0.15) is 11.9 Å². The Morgan fingerprint density at radius 2 is 1.89 bits per heavy atom. The highest BCUT2D eigenvalue weighted by Gasteiger charge is 2.44. The number of carbonyl (C=O) groups excluding carboxylic acids is 2. The second kappa shape index (κ2) is 7.28. The van der Waals surface area contributed by atoms with E-state index >= 15 is 0 Å². The van der Waals surface area contributed by atoms with Crippen LogP contribution in [-0.2, 0) is 19.6 Å². The minimum Gasteiger partial charge on any atom is -0.324 e. The van der Waals surface area contributed by atoms with Gasteiger partial charge >= 0.3 is 0 Å². The summed E-state index contributed by atoms with van der Waals surface area (Å²) in [6.45, 7) is 1.74. The average molecular weight is 411 g/mol. The highest BCUT2D eigenvalue weighted by atomic mass is 35.5. The monoisotopic (exact) mass is 410 g/mol. The molecule has 1 aliphatic rings. The summed E-state index contributed by atoms with van der Waals surface area (Å²) in [4.78, 5) is 24.6. The molecule has 0 bridgehead atoms. The van der Waals surface area contributed by atoms with Gasteiger partial charge in [0.05, 0.1) is 4.90 Å². The second-order valence-corrected chi connectivity index (χ2v) is 8.40. The molecule has 6 nitrogen and oxygen atoms in total. The van der Waals surface area contributed by atoms with E-state index in [0.29, 0.717) is 20.6 Å². The number of nitrogens with one attached hydrogen (secondary N) is 1. The van der Waals surface area contributed by atoms with Gasteiger partial charge in [-0.15, -0.1) is 0 Å². The van der Waals surface area contributed by atoms with Gasteiger partial charge in [0.2, 0.25) is 11.8 Å². The number of benzene rings is 2. The maximum absolute atomic E-state index is 13.1. The molecule has 2 aromatic carbocycles. The van der Waals surface area contributed by atoms with E-state index in [0.717, 1.165) is 24.3 Å². The maximum atomic E-state index is 13.1. The maximum Gasteiger partial charge on any atom is 0.267 e. The zero-order chi connectivity index (χ0) is 19.8.